The zero-order valence-electron chi connectivity index (χ0n) is 13.0. The molecule has 2 rings (SSSR count). The van der Waals surface area contributed by atoms with E-state index < -0.39 is 0 Å². The molecule has 0 saturated carbocycles. The minimum absolute atomic E-state index is 0.0871. The minimum atomic E-state index is -0.0871. The van der Waals surface area contributed by atoms with Crippen molar-refractivity contribution in [2.45, 2.75) is 33.7 Å². The van der Waals surface area contributed by atoms with Gasteiger partial charge < -0.3 is 15.2 Å². The normalized spacial score (nSPS) is 11.0. The van der Waals surface area contributed by atoms with Crippen LogP contribution in [0.4, 0.5) is 4.79 Å². The topological polar surface area (TPSA) is 59.0 Å². The molecule has 0 aliphatic carbocycles. The molecule has 0 atom stereocenters. The first-order chi connectivity index (χ1) is 10.1. The third-order valence-electron chi connectivity index (χ3n) is 3.36. The van der Waals surface area contributed by atoms with Crippen molar-refractivity contribution < 1.29 is 4.79 Å². The van der Waals surface area contributed by atoms with Crippen molar-refractivity contribution in [3.05, 3.63) is 30.1 Å². The summed E-state index contributed by atoms with van der Waals surface area (Å²) in [5.74, 6) is 1.48. The number of urea groups is 1. The number of benzene rings is 1. The number of nitrogens with one attached hydrogen (secondary N) is 2. The average Bonchev–Trinajstić information content (AvgIpc) is 2.77. The number of aromatic nitrogens is 2. The molecular formula is C16H24N4O. The van der Waals surface area contributed by atoms with Crippen LogP contribution in [0.5, 0.6) is 0 Å². The standard InChI is InChI=1S/C16H24N4O/c1-12(2)11-18-16(21)17-9-6-10-20-13(3)19-14-7-4-5-8-15(14)20/h4-5,7-8,12H,6,9-11H2,1-3H3,(H2,17,18,21). The Labute approximate surface area is 125 Å². The summed E-state index contributed by atoms with van der Waals surface area (Å²) in [4.78, 5) is 16.1. The summed E-state index contributed by atoms with van der Waals surface area (Å²) < 4.78 is 2.20. The lowest BCUT2D eigenvalue weighted by atomic mass is 10.2. The number of fused-ring (bicyclic) bond motifs is 1. The number of nitrogens with zero attached hydrogens (tertiary/aromatic N) is 2. The Hall–Kier alpha value is -2.04. The molecule has 114 valence electrons. The Morgan fingerprint density at radius 2 is 2.05 bits per heavy atom. The number of aryl methyl sites for hydroxylation is 2. The molecule has 0 fully saturated rings. The molecule has 5 heteroatoms. The Balaban J connectivity index is 1.80. The fourth-order valence-corrected chi connectivity index (χ4v) is 2.28. The lowest BCUT2D eigenvalue weighted by Gasteiger charge is -2.10. The van der Waals surface area contributed by atoms with Gasteiger partial charge in [-0.25, -0.2) is 9.78 Å². The summed E-state index contributed by atoms with van der Waals surface area (Å²) in [5.41, 5.74) is 2.18. The van der Waals surface area contributed by atoms with Gasteiger partial charge in [0, 0.05) is 19.6 Å². The van der Waals surface area contributed by atoms with Crippen LogP contribution < -0.4 is 10.6 Å². The molecule has 2 amide bonds. The maximum atomic E-state index is 11.5. The number of rotatable bonds is 6. The Bertz CT molecular complexity index is 603. The molecule has 2 N–H and O–H groups in total. The highest BCUT2D eigenvalue weighted by molar-refractivity contribution is 5.75. The maximum Gasteiger partial charge on any atom is 0.314 e. The molecule has 0 saturated heterocycles. The lowest BCUT2D eigenvalue weighted by Crippen LogP contribution is -2.38. The summed E-state index contributed by atoms with van der Waals surface area (Å²) in [5, 5.41) is 5.73. The predicted octanol–water partition coefficient (Wildman–Crippen LogP) is 2.69. The average molecular weight is 288 g/mol. The molecule has 1 heterocycles. The van der Waals surface area contributed by atoms with E-state index in [0.29, 0.717) is 19.0 Å². The third kappa shape index (κ3) is 4.21. The molecule has 0 unspecified atom stereocenters. The SMILES string of the molecule is Cc1nc2ccccc2n1CCCNC(=O)NCC(C)C. The highest BCUT2D eigenvalue weighted by Crippen LogP contribution is 2.15. The zero-order valence-corrected chi connectivity index (χ0v) is 13.0. The fourth-order valence-electron chi connectivity index (χ4n) is 2.28. The predicted molar refractivity (Wildman–Crippen MR) is 85.3 cm³/mol. The van der Waals surface area contributed by atoms with Crippen LogP contribution >= 0.6 is 0 Å². The van der Waals surface area contributed by atoms with E-state index in [9.17, 15) is 4.79 Å². The van der Waals surface area contributed by atoms with Gasteiger partial charge in [0.25, 0.3) is 0 Å². The Kier molecular flexibility index (Phi) is 5.20. The Morgan fingerprint density at radius 1 is 1.29 bits per heavy atom. The monoisotopic (exact) mass is 288 g/mol. The quantitative estimate of drug-likeness (QED) is 0.803. The maximum absolute atomic E-state index is 11.5. The number of hydrogen-bond donors (Lipinski definition) is 2. The van der Waals surface area contributed by atoms with Crippen molar-refractivity contribution in [3.8, 4) is 0 Å². The smallest absolute Gasteiger partial charge is 0.314 e. The Morgan fingerprint density at radius 3 is 2.81 bits per heavy atom. The van der Waals surface area contributed by atoms with E-state index >= 15 is 0 Å². The number of imidazole rings is 1. The van der Waals surface area contributed by atoms with E-state index in [0.717, 1.165) is 29.8 Å². The number of para-hydroxylation sites is 2. The van der Waals surface area contributed by atoms with Gasteiger partial charge in [-0.3, -0.25) is 0 Å². The number of hydrogen-bond acceptors (Lipinski definition) is 2. The van der Waals surface area contributed by atoms with Crippen LogP contribution in [0.1, 0.15) is 26.1 Å². The summed E-state index contributed by atoms with van der Waals surface area (Å²) in [6.07, 6.45) is 0.885. The van der Waals surface area contributed by atoms with Gasteiger partial charge in [-0.1, -0.05) is 26.0 Å². The molecule has 0 spiro atoms. The van der Waals surface area contributed by atoms with Crippen LogP contribution in [-0.4, -0.2) is 28.7 Å². The van der Waals surface area contributed by atoms with E-state index in [1.54, 1.807) is 0 Å². The first kappa shape index (κ1) is 15.4. The molecule has 0 radical (unpaired) electrons. The fraction of sp³-hybridized carbons (Fsp3) is 0.500. The lowest BCUT2D eigenvalue weighted by molar-refractivity contribution is 0.239. The van der Waals surface area contributed by atoms with Crippen LogP contribution in [0.3, 0.4) is 0 Å². The van der Waals surface area contributed by atoms with E-state index in [2.05, 4.69) is 40.1 Å². The van der Waals surface area contributed by atoms with Crippen LogP contribution in [0.2, 0.25) is 0 Å². The van der Waals surface area contributed by atoms with Gasteiger partial charge in [0.05, 0.1) is 11.0 Å². The van der Waals surface area contributed by atoms with Gasteiger partial charge in [-0.05, 0) is 31.4 Å². The van der Waals surface area contributed by atoms with Crippen LogP contribution in [0.25, 0.3) is 11.0 Å². The second kappa shape index (κ2) is 7.11. The second-order valence-corrected chi connectivity index (χ2v) is 5.68. The third-order valence-corrected chi connectivity index (χ3v) is 3.36. The number of amides is 2. The van der Waals surface area contributed by atoms with Crippen molar-refractivity contribution in [2.75, 3.05) is 13.1 Å². The molecule has 2 aromatic rings. The van der Waals surface area contributed by atoms with Crippen LogP contribution in [0, 0.1) is 12.8 Å². The van der Waals surface area contributed by atoms with E-state index in [4.69, 9.17) is 0 Å². The van der Waals surface area contributed by atoms with E-state index in [1.165, 1.54) is 0 Å². The molecule has 0 aliphatic heterocycles. The molecular weight excluding hydrogens is 264 g/mol. The largest absolute Gasteiger partial charge is 0.338 e. The summed E-state index contributed by atoms with van der Waals surface area (Å²) in [6, 6.07) is 8.04. The van der Waals surface area contributed by atoms with Gasteiger partial charge >= 0.3 is 6.03 Å². The molecule has 21 heavy (non-hydrogen) atoms. The van der Waals surface area contributed by atoms with Gasteiger partial charge in [0.2, 0.25) is 0 Å². The summed E-state index contributed by atoms with van der Waals surface area (Å²) in [7, 11) is 0. The van der Waals surface area contributed by atoms with Gasteiger partial charge in [0.1, 0.15) is 5.82 Å². The number of carbonyl (C=O) groups is 1. The zero-order chi connectivity index (χ0) is 15.2. The number of carbonyl (C=O) groups excluding carboxylic acids is 1. The van der Waals surface area contributed by atoms with E-state index in [-0.39, 0.29) is 6.03 Å². The van der Waals surface area contributed by atoms with Gasteiger partial charge in [-0.15, -0.1) is 0 Å². The highest BCUT2D eigenvalue weighted by atomic mass is 16.2. The van der Waals surface area contributed by atoms with Crippen molar-refractivity contribution in [1.82, 2.24) is 20.2 Å². The minimum Gasteiger partial charge on any atom is -0.338 e. The molecule has 1 aromatic carbocycles. The molecule has 1 aromatic heterocycles. The summed E-state index contributed by atoms with van der Waals surface area (Å²) >= 11 is 0. The molecule has 0 bridgehead atoms. The van der Waals surface area contributed by atoms with Crippen molar-refractivity contribution >= 4 is 17.1 Å². The first-order valence-corrected chi connectivity index (χ1v) is 7.51. The molecule has 0 aliphatic rings. The van der Waals surface area contributed by atoms with Crippen molar-refractivity contribution in [2.24, 2.45) is 5.92 Å². The summed E-state index contributed by atoms with van der Waals surface area (Å²) in [6.45, 7) is 8.40. The first-order valence-electron chi connectivity index (χ1n) is 7.51. The molecule has 5 nitrogen and oxygen atoms in total. The van der Waals surface area contributed by atoms with E-state index in [1.807, 2.05) is 25.1 Å². The van der Waals surface area contributed by atoms with Crippen molar-refractivity contribution in [1.29, 1.82) is 0 Å². The second-order valence-electron chi connectivity index (χ2n) is 5.68. The van der Waals surface area contributed by atoms with Crippen LogP contribution in [-0.2, 0) is 6.54 Å². The van der Waals surface area contributed by atoms with Gasteiger partial charge in [0.15, 0.2) is 0 Å². The van der Waals surface area contributed by atoms with Gasteiger partial charge in [-0.2, -0.15) is 0 Å². The van der Waals surface area contributed by atoms with Crippen LogP contribution in [0.15, 0.2) is 24.3 Å². The highest BCUT2D eigenvalue weighted by Gasteiger charge is 2.06. The van der Waals surface area contributed by atoms with Crippen molar-refractivity contribution in [3.63, 3.8) is 0 Å².